The van der Waals surface area contributed by atoms with Gasteiger partial charge < -0.3 is 19.7 Å². The van der Waals surface area contributed by atoms with E-state index in [0.29, 0.717) is 17.9 Å². The standard InChI is InChI=1S/C18H30N6O/c1-18(2,3)24-14-15(13-19)12-16(24)21-17(25)20-6-9-23-8-5-7-22(4)10-11-23/h12,14H,5-11H2,1-4H3,(H2,20,21,25). The molecule has 0 bridgehead atoms. The number of anilines is 1. The summed E-state index contributed by atoms with van der Waals surface area (Å²) < 4.78 is 1.91. The van der Waals surface area contributed by atoms with Crippen LogP contribution in [0.4, 0.5) is 10.6 Å². The van der Waals surface area contributed by atoms with Crippen LogP contribution in [0.2, 0.25) is 0 Å². The minimum Gasteiger partial charge on any atom is -0.337 e. The molecule has 0 aliphatic carbocycles. The Morgan fingerprint density at radius 1 is 1.28 bits per heavy atom. The molecule has 1 fully saturated rings. The highest BCUT2D eigenvalue weighted by atomic mass is 16.2. The third-order valence-electron chi connectivity index (χ3n) is 4.44. The Bertz CT molecular complexity index is 624. The molecule has 7 heteroatoms. The molecule has 2 amide bonds. The molecule has 1 aromatic heterocycles. The quantitative estimate of drug-likeness (QED) is 0.873. The molecule has 0 radical (unpaired) electrons. The number of amides is 2. The van der Waals surface area contributed by atoms with Gasteiger partial charge in [-0.1, -0.05) is 0 Å². The van der Waals surface area contributed by atoms with Gasteiger partial charge in [-0.15, -0.1) is 0 Å². The van der Waals surface area contributed by atoms with E-state index in [0.717, 1.165) is 32.7 Å². The van der Waals surface area contributed by atoms with Crippen molar-refractivity contribution in [2.24, 2.45) is 0 Å². The molecule has 0 unspecified atom stereocenters. The number of rotatable bonds is 4. The monoisotopic (exact) mass is 346 g/mol. The number of nitrogens with one attached hydrogen (secondary N) is 2. The summed E-state index contributed by atoms with van der Waals surface area (Å²) in [6.07, 6.45) is 2.93. The summed E-state index contributed by atoms with van der Waals surface area (Å²) in [4.78, 5) is 16.9. The molecule has 2 heterocycles. The molecule has 7 nitrogen and oxygen atoms in total. The van der Waals surface area contributed by atoms with Crippen LogP contribution in [-0.4, -0.2) is 66.7 Å². The summed E-state index contributed by atoms with van der Waals surface area (Å²) >= 11 is 0. The Hall–Kier alpha value is -2.04. The number of urea groups is 1. The van der Waals surface area contributed by atoms with Crippen molar-refractivity contribution < 1.29 is 4.79 Å². The van der Waals surface area contributed by atoms with Gasteiger partial charge in [-0.25, -0.2) is 4.79 Å². The van der Waals surface area contributed by atoms with Crippen LogP contribution in [0.1, 0.15) is 32.8 Å². The predicted molar refractivity (Wildman–Crippen MR) is 99.7 cm³/mol. The Morgan fingerprint density at radius 3 is 2.72 bits per heavy atom. The molecule has 1 aliphatic heterocycles. The average Bonchev–Trinajstić information content (AvgIpc) is 2.84. The molecule has 0 aromatic carbocycles. The highest BCUT2D eigenvalue weighted by molar-refractivity contribution is 5.88. The van der Waals surface area contributed by atoms with Gasteiger partial charge in [0.05, 0.1) is 5.56 Å². The first kappa shape index (κ1) is 19.3. The Balaban J connectivity index is 1.84. The first-order valence-corrected chi connectivity index (χ1v) is 8.88. The van der Waals surface area contributed by atoms with E-state index < -0.39 is 0 Å². The maximum atomic E-state index is 12.2. The number of carbonyl (C=O) groups is 1. The fraction of sp³-hybridized carbons (Fsp3) is 0.667. The minimum atomic E-state index is -0.236. The van der Waals surface area contributed by atoms with Gasteiger partial charge in [0, 0.05) is 37.9 Å². The molecule has 25 heavy (non-hydrogen) atoms. The zero-order chi connectivity index (χ0) is 18.4. The van der Waals surface area contributed by atoms with Crippen molar-refractivity contribution in [3.8, 4) is 6.07 Å². The fourth-order valence-electron chi connectivity index (χ4n) is 2.99. The summed E-state index contributed by atoms with van der Waals surface area (Å²) in [5.41, 5.74) is 0.328. The molecule has 1 saturated heterocycles. The van der Waals surface area contributed by atoms with Crippen molar-refractivity contribution in [3.63, 3.8) is 0 Å². The number of nitrogens with zero attached hydrogens (tertiary/aromatic N) is 4. The zero-order valence-corrected chi connectivity index (χ0v) is 15.8. The lowest BCUT2D eigenvalue weighted by molar-refractivity contribution is 0.245. The van der Waals surface area contributed by atoms with Gasteiger partial charge in [0.15, 0.2) is 0 Å². The largest absolute Gasteiger partial charge is 0.337 e. The van der Waals surface area contributed by atoms with Gasteiger partial charge >= 0.3 is 6.03 Å². The second kappa shape index (κ2) is 8.37. The van der Waals surface area contributed by atoms with Crippen LogP contribution in [0.15, 0.2) is 12.3 Å². The first-order valence-electron chi connectivity index (χ1n) is 8.88. The Labute approximate surface area is 150 Å². The molecule has 138 valence electrons. The molecule has 0 atom stereocenters. The third-order valence-corrected chi connectivity index (χ3v) is 4.44. The van der Waals surface area contributed by atoms with E-state index in [4.69, 9.17) is 5.26 Å². The molecular formula is C18H30N6O. The summed E-state index contributed by atoms with van der Waals surface area (Å²) in [6.45, 7) is 11.9. The molecule has 2 rings (SSSR count). The van der Waals surface area contributed by atoms with Crippen LogP contribution in [-0.2, 0) is 5.54 Å². The van der Waals surface area contributed by atoms with E-state index in [1.807, 2.05) is 25.3 Å². The van der Waals surface area contributed by atoms with Gasteiger partial charge in [-0.05, 0) is 53.4 Å². The average molecular weight is 346 g/mol. The van der Waals surface area contributed by atoms with Crippen molar-refractivity contribution in [1.29, 1.82) is 5.26 Å². The molecule has 1 aromatic rings. The van der Waals surface area contributed by atoms with E-state index in [1.54, 1.807) is 12.3 Å². The lowest BCUT2D eigenvalue weighted by atomic mass is 10.1. The van der Waals surface area contributed by atoms with Crippen LogP contribution in [0.5, 0.6) is 0 Å². The van der Waals surface area contributed by atoms with E-state index in [1.165, 1.54) is 6.42 Å². The SMILES string of the molecule is CN1CCCN(CCNC(=O)Nc2cc(C#N)cn2C(C)(C)C)CC1. The van der Waals surface area contributed by atoms with Gasteiger partial charge in [-0.2, -0.15) is 5.26 Å². The van der Waals surface area contributed by atoms with Crippen LogP contribution in [0.25, 0.3) is 0 Å². The van der Waals surface area contributed by atoms with Crippen LogP contribution in [0.3, 0.4) is 0 Å². The maximum Gasteiger partial charge on any atom is 0.320 e. The lowest BCUT2D eigenvalue weighted by Gasteiger charge is -2.24. The topological polar surface area (TPSA) is 76.3 Å². The van der Waals surface area contributed by atoms with Crippen molar-refractivity contribution in [3.05, 3.63) is 17.8 Å². The smallest absolute Gasteiger partial charge is 0.320 e. The lowest BCUT2D eigenvalue weighted by Crippen LogP contribution is -2.39. The van der Waals surface area contributed by atoms with Crippen LogP contribution < -0.4 is 10.6 Å². The number of carbonyl (C=O) groups excluding carboxylic acids is 1. The summed E-state index contributed by atoms with van der Waals surface area (Å²) in [5, 5.41) is 14.9. The molecular weight excluding hydrogens is 316 g/mol. The van der Waals surface area contributed by atoms with Gasteiger partial charge in [0.25, 0.3) is 0 Å². The molecule has 0 saturated carbocycles. The number of likely N-dealkylation sites (N-methyl/N-ethyl adjacent to an activating group) is 1. The van der Waals surface area contributed by atoms with Gasteiger partial charge in [-0.3, -0.25) is 5.32 Å². The summed E-state index contributed by atoms with van der Waals surface area (Å²) in [5.74, 6) is 0.637. The van der Waals surface area contributed by atoms with Crippen molar-refractivity contribution in [1.82, 2.24) is 19.7 Å². The first-order chi connectivity index (χ1) is 11.8. The highest BCUT2D eigenvalue weighted by Crippen LogP contribution is 2.23. The fourth-order valence-corrected chi connectivity index (χ4v) is 2.99. The normalized spacial score (nSPS) is 16.9. The van der Waals surface area contributed by atoms with Crippen molar-refractivity contribution in [2.75, 3.05) is 51.6 Å². The predicted octanol–water partition coefficient (Wildman–Crippen LogP) is 1.87. The van der Waals surface area contributed by atoms with Crippen molar-refractivity contribution in [2.45, 2.75) is 32.7 Å². The molecule has 1 aliphatic rings. The van der Waals surface area contributed by atoms with E-state index in [2.05, 4.69) is 33.6 Å². The number of nitriles is 1. The van der Waals surface area contributed by atoms with Gasteiger partial charge in [0.2, 0.25) is 0 Å². The summed E-state index contributed by atoms with van der Waals surface area (Å²) in [7, 11) is 2.15. The zero-order valence-electron chi connectivity index (χ0n) is 15.8. The number of hydrogen-bond acceptors (Lipinski definition) is 4. The maximum absolute atomic E-state index is 12.2. The van der Waals surface area contributed by atoms with Gasteiger partial charge in [0.1, 0.15) is 11.9 Å². The summed E-state index contributed by atoms with van der Waals surface area (Å²) in [6, 6.07) is 3.59. The number of hydrogen-bond donors (Lipinski definition) is 2. The van der Waals surface area contributed by atoms with Crippen molar-refractivity contribution >= 4 is 11.8 Å². The van der Waals surface area contributed by atoms with Crippen LogP contribution in [0, 0.1) is 11.3 Å². The second-order valence-corrected chi connectivity index (χ2v) is 7.65. The second-order valence-electron chi connectivity index (χ2n) is 7.65. The van der Waals surface area contributed by atoms with E-state index in [9.17, 15) is 4.79 Å². The third kappa shape index (κ3) is 5.76. The number of aromatic nitrogens is 1. The molecule has 0 spiro atoms. The minimum absolute atomic E-state index is 0.213. The van der Waals surface area contributed by atoms with Crippen LogP contribution >= 0.6 is 0 Å². The molecule has 2 N–H and O–H groups in total. The Kier molecular flexibility index (Phi) is 6.45. The Morgan fingerprint density at radius 2 is 2.04 bits per heavy atom. The van der Waals surface area contributed by atoms with E-state index in [-0.39, 0.29) is 11.6 Å². The highest BCUT2D eigenvalue weighted by Gasteiger charge is 2.19. The van der Waals surface area contributed by atoms with E-state index >= 15 is 0 Å².